The lowest BCUT2D eigenvalue weighted by atomic mass is 10.2. The van der Waals surface area contributed by atoms with E-state index < -0.39 is 16.0 Å². The molecule has 148 valence electrons. The third kappa shape index (κ3) is 4.54. The van der Waals surface area contributed by atoms with Crippen molar-refractivity contribution in [1.82, 2.24) is 4.72 Å². The Morgan fingerprint density at radius 2 is 1.93 bits per heavy atom. The summed E-state index contributed by atoms with van der Waals surface area (Å²) in [4.78, 5) is 25.9. The second kappa shape index (κ2) is 8.34. The van der Waals surface area contributed by atoms with Crippen molar-refractivity contribution in [1.29, 1.82) is 0 Å². The summed E-state index contributed by atoms with van der Waals surface area (Å²) in [6.45, 7) is 1.85. The van der Waals surface area contributed by atoms with Crippen LogP contribution in [0, 0.1) is 6.92 Å². The number of aryl methyl sites for hydroxylation is 1. The lowest BCUT2D eigenvalue weighted by Crippen LogP contribution is -2.39. The zero-order valence-corrected chi connectivity index (χ0v) is 17.1. The summed E-state index contributed by atoms with van der Waals surface area (Å²) < 4.78 is 32.6. The van der Waals surface area contributed by atoms with Crippen molar-refractivity contribution in [2.24, 2.45) is 0 Å². The van der Waals surface area contributed by atoms with Gasteiger partial charge in [0.2, 0.25) is 15.9 Å². The predicted octanol–water partition coefficient (Wildman–Crippen LogP) is 2.09. The van der Waals surface area contributed by atoms with Gasteiger partial charge >= 0.3 is 5.97 Å². The van der Waals surface area contributed by atoms with E-state index in [4.69, 9.17) is 0 Å². The minimum atomic E-state index is -3.79. The number of hydrogen-bond acceptors (Lipinski definition) is 6. The smallest absolute Gasteiger partial charge is 0.325 e. The molecule has 0 aromatic heterocycles. The van der Waals surface area contributed by atoms with Gasteiger partial charge in [-0.2, -0.15) is 0 Å². The molecule has 0 bridgehead atoms. The number of fused-ring (bicyclic) bond motifs is 1. The van der Waals surface area contributed by atoms with Crippen molar-refractivity contribution < 1.29 is 22.7 Å². The van der Waals surface area contributed by atoms with E-state index in [1.165, 1.54) is 35.9 Å². The molecule has 2 aromatic rings. The first-order valence-electron chi connectivity index (χ1n) is 8.49. The molecule has 1 aliphatic heterocycles. The van der Waals surface area contributed by atoms with E-state index in [1.807, 2.05) is 31.2 Å². The van der Waals surface area contributed by atoms with Crippen LogP contribution in [0.25, 0.3) is 0 Å². The van der Waals surface area contributed by atoms with Crippen molar-refractivity contribution in [3.8, 4) is 0 Å². The SMILES string of the molecule is COC(=O)CN1C(=O)CSc2ccc(S(=O)(=O)NCc3ccc(C)cc3)cc21. The normalized spacial score (nSPS) is 13.9. The van der Waals surface area contributed by atoms with Gasteiger partial charge in [0.05, 0.1) is 23.4 Å². The van der Waals surface area contributed by atoms with E-state index in [0.717, 1.165) is 16.0 Å². The predicted molar refractivity (Wildman–Crippen MR) is 107 cm³/mol. The zero-order valence-electron chi connectivity index (χ0n) is 15.5. The summed E-state index contributed by atoms with van der Waals surface area (Å²) in [5, 5.41) is 0. The van der Waals surface area contributed by atoms with Crippen LogP contribution in [0.15, 0.2) is 52.3 Å². The molecule has 0 spiro atoms. The average Bonchev–Trinajstić information content (AvgIpc) is 2.69. The average molecular weight is 421 g/mol. The van der Waals surface area contributed by atoms with Gasteiger partial charge in [-0.1, -0.05) is 29.8 Å². The molecule has 1 N–H and O–H groups in total. The molecule has 0 aliphatic carbocycles. The second-order valence-corrected chi connectivity index (χ2v) is 9.07. The first-order valence-corrected chi connectivity index (χ1v) is 11.0. The molecule has 0 fully saturated rings. The molecular formula is C19H20N2O5S2. The number of amides is 1. The van der Waals surface area contributed by atoms with Gasteiger partial charge in [-0.25, -0.2) is 13.1 Å². The van der Waals surface area contributed by atoms with Crippen molar-refractivity contribution in [3.63, 3.8) is 0 Å². The van der Waals surface area contributed by atoms with Gasteiger partial charge in [-0.3, -0.25) is 14.5 Å². The van der Waals surface area contributed by atoms with Crippen LogP contribution in [-0.2, 0) is 30.9 Å². The number of hydrogen-bond donors (Lipinski definition) is 1. The Labute approximate surface area is 168 Å². The number of ether oxygens (including phenoxy) is 1. The number of nitrogens with one attached hydrogen (secondary N) is 1. The van der Waals surface area contributed by atoms with Crippen LogP contribution in [0.1, 0.15) is 11.1 Å². The van der Waals surface area contributed by atoms with Crippen LogP contribution >= 0.6 is 11.8 Å². The number of sulfonamides is 1. The van der Waals surface area contributed by atoms with Crippen LogP contribution in [0.5, 0.6) is 0 Å². The third-order valence-corrected chi connectivity index (χ3v) is 6.73. The molecule has 9 heteroatoms. The minimum absolute atomic E-state index is 0.0310. The van der Waals surface area contributed by atoms with Crippen LogP contribution in [-0.4, -0.2) is 39.7 Å². The van der Waals surface area contributed by atoms with Gasteiger partial charge < -0.3 is 4.74 Å². The maximum Gasteiger partial charge on any atom is 0.325 e. The molecule has 2 aromatic carbocycles. The summed E-state index contributed by atoms with van der Waals surface area (Å²) in [5.74, 6) is -0.663. The highest BCUT2D eigenvalue weighted by atomic mass is 32.2. The van der Waals surface area contributed by atoms with Crippen LogP contribution in [0.4, 0.5) is 5.69 Å². The Morgan fingerprint density at radius 3 is 2.61 bits per heavy atom. The third-order valence-electron chi connectivity index (χ3n) is 4.29. The van der Waals surface area contributed by atoms with Crippen molar-refractivity contribution in [2.45, 2.75) is 23.3 Å². The number of rotatable bonds is 6. The van der Waals surface area contributed by atoms with Crippen molar-refractivity contribution >= 4 is 39.3 Å². The monoisotopic (exact) mass is 420 g/mol. The summed E-state index contributed by atoms with van der Waals surface area (Å²) in [6, 6.07) is 12.1. The molecule has 0 saturated heterocycles. The number of benzene rings is 2. The van der Waals surface area contributed by atoms with Crippen LogP contribution in [0.2, 0.25) is 0 Å². The van der Waals surface area contributed by atoms with Gasteiger partial charge in [0.25, 0.3) is 0 Å². The number of anilines is 1. The highest BCUT2D eigenvalue weighted by Crippen LogP contribution is 2.36. The number of carbonyl (C=O) groups excluding carboxylic acids is 2. The lowest BCUT2D eigenvalue weighted by molar-refractivity contribution is -0.139. The van der Waals surface area contributed by atoms with Gasteiger partial charge in [0, 0.05) is 11.4 Å². The maximum absolute atomic E-state index is 12.7. The fourth-order valence-corrected chi connectivity index (χ4v) is 4.64. The molecule has 0 unspecified atom stereocenters. The largest absolute Gasteiger partial charge is 0.468 e. The summed E-state index contributed by atoms with van der Waals surface area (Å²) in [5.41, 5.74) is 2.32. The molecule has 28 heavy (non-hydrogen) atoms. The number of nitrogens with zero attached hydrogens (tertiary/aromatic N) is 1. The van der Waals surface area contributed by atoms with Crippen molar-refractivity contribution in [3.05, 3.63) is 53.6 Å². The van der Waals surface area contributed by atoms with E-state index in [1.54, 1.807) is 6.07 Å². The number of esters is 1. The van der Waals surface area contributed by atoms with Gasteiger partial charge in [0.15, 0.2) is 0 Å². The van der Waals surface area contributed by atoms with E-state index in [9.17, 15) is 18.0 Å². The molecule has 0 radical (unpaired) electrons. The van der Waals surface area contributed by atoms with E-state index in [0.29, 0.717) is 5.69 Å². The molecule has 0 atom stereocenters. The standard InChI is InChI=1S/C19H20N2O5S2/c1-13-3-5-14(6-4-13)10-20-28(24,25)15-7-8-17-16(9-15)21(11-19(23)26-2)18(22)12-27-17/h3-9,20H,10-12H2,1-2H3. The first kappa shape index (κ1) is 20.4. The fourth-order valence-electron chi connectivity index (χ4n) is 2.68. The summed E-state index contributed by atoms with van der Waals surface area (Å²) >= 11 is 1.31. The van der Waals surface area contributed by atoms with Gasteiger partial charge in [-0.05, 0) is 30.7 Å². The molecule has 7 nitrogen and oxygen atoms in total. The summed E-state index contributed by atoms with van der Waals surface area (Å²) in [7, 11) is -2.55. The first-order chi connectivity index (χ1) is 13.3. The lowest BCUT2D eigenvalue weighted by Gasteiger charge is -2.28. The van der Waals surface area contributed by atoms with Crippen molar-refractivity contribution in [2.75, 3.05) is 24.3 Å². The Hall–Kier alpha value is -2.36. The van der Waals surface area contributed by atoms with E-state index >= 15 is 0 Å². The maximum atomic E-state index is 12.7. The number of methoxy groups -OCH3 is 1. The highest BCUT2D eigenvalue weighted by Gasteiger charge is 2.28. The topological polar surface area (TPSA) is 92.8 Å². The van der Waals surface area contributed by atoms with E-state index in [2.05, 4.69) is 9.46 Å². The highest BCUT2D eigenvalue weighted by molar-refractivity contribution is 8.00. The van der Waals surface area contributed by atoms with Crippen LogP contribution in [0.3, 0.4) is 0 Å². The molecule has 0 saturated carbocycles. The zero-order chi connectivity index (χ0) is 20.3. The van der Waals surface area contributed by atoms with E-state index in [-0.39, 0.29) is 29.6 Å². The minimum Gasteiger partial charge on any atom is -0.468 e. The fraction of sp³-hybridized carbons (Fsp3) is 0.263. The Kier molecular flexibility index (Phi) is 6.07. The summed E-state index contributed by atoms with van der Waals surface area (Å²) in [6.07, 6.45) is 0. The molecule has 1 heterocycles. The number of thioether (sulfide) groups is 1. The van der Waals surface area contributed by atoms with Gasteiger partial charge in [-0.15, -0.1) is 11.8 Å². The Balaban J connectivity index is 1.85. The molecule has 3 rings (SSSR count). The van der Waals surface area contributed by atoms with Crippen LogP contribution < -0.4 is 9.62 Å². The number of carbonyl (C=O) groups is 2. The second-order valence-electron chi connectivity index (χ2n) is 6.28. The molecular weight excluding hydrogens is 400 g/mol. The molecule has 1 amide bonds. The molecule has 1 aliphatic rings. The quantitative estimate of drug-likeness (QED) is 0.720. The Morgan fingerprint density at radius 1 is 1.21 bits per heavy atom. The van der Waals surface area contributed by atoms with Gasteiger partial charge in [0.1, 0.15) is 6.54 Å². The Bertz CT molecular complexity index is 1000.